The summed E-state index contributed by atoms with van der Waals surface area (Å²) < 4.78 is 48.7. The Labute approximate surface area is 214 Å². The van der Waals surface area contributed by atoms with Gasteiger partial charge in [0.25, 0.3) is 0 Å². The molecule has 1 heterocycles. The second kappa shape index (κ2) is 12.4. The molecule has 0 saturated heterocycles. The van der Waals surface area contributed by atoms with Crippen LogP contribution in [-0.4, -0.2) is 16.6 Å². The summed E-state index contributed by atoms with van der Waals surface area (Å²) >= 11 is 0. The van der Waals surface area contributed by atoms with Crippen LogP contribution in [0.15, 0.2) is 54.9 Å². The smallest absolute Gasteiger partial charge is 0.159 e. The second-order valence-corrected chi connectivity index (χ2v) is 9.03. The molecule has 1 aromatic heterocycles. The Morgan fingerprint density at radius 1 is 0.865 bits per heavy atom. The standard InChI is InChI=1S/C30H28F3N3O/c1-2-3-4-5-6-13-37-24-18-35-30(36-19-24)23-11-12-25-22(16-23)10-9-21(29(25)33)8-7-20-14-27(31)26(17-34)28(32)15-20/h9-12,14-16,18-19H,2-8,13H2,1H3. The Hall–Kier alpha value is -3.92. The predicted octanol–water partition coefficient (Wildman–Crippen LogP) is 7.72. The number of aryl methyl sites for hydroxylation is 2. The molecule has 0 fully saturated rings. The van der Waals surface area contributed by atoms with Crippen LogP contribution in [0, 0.1) is 28.8 Å². The first-order chi connectivity index (χ1) is 18.0. The van der Waals surface area contributed by atoms with E-state index in [0.717, 1.165) is 30.5 Å². The first kappa shape index (κ1) is 26.2. The lowest BCUT2D eigenvalue weighted by Gasteiger charge is -2.10. The summed E-state index contributed by atoms with van der Waals surface area (Å²) in [4.78, 5) is 8.80. The fourth-order valence-corrected chi connectivity index (χ4v) is 4.26. The predicted molar refractivity (Wildman–Crippen MR) is 138 cm³/mol. The van der Waals surface area contributed by atoms with Crippen LogP contribution in [-0.2, 0) is 12.8 Å². The zero-order valence-electron chi connectivity index (χ0n) is 20.7. The minimum absolute atomic E-state index is 0.237. The zero-order chi connectivity index (χ0) is 26.2. The first-order valence-electron chi connectivity index (χ1n) is 12.5. The summed E-state index contributed by atoms with van der Waals surface area (Å²) in [5, 5.41) is 9.95. The number of fused-ring (bicyclic) bond motifs is 1. The van der Waals surface area contributed by atoms with Crippen LogP contribution >= 0.6 is 0 Å². The molecule has 190 valence electrons. The quantitative estimate of drug-likeness (QED) is 0.197. The van der Waals surface area contributed by atoms with E-state index in [1.165, 1.54) is 25.3 Å². The molecule has 3 aromatic carbocycles. The van der Waals surface area contributed by atoms with Crippen LogP contribution in [0.2, 0.25) is 0 Å². The minimum Gasteiger partial charge on any atom is -0.490 e. The van der Waals surface area contributed by atoms with Gasteiger partial charge in [-0.1, -0.05) is 56.9 Å². The van der Waals surface area contributed by atoms with E-state index < -0.39 is 17.2 Å². The molecule has 0 unspecified atom stereocenters. The van der Waals surface area contributed by atoms with E-state index in [1.54, 1.807) is 30.6 Å². The molecular weight excluding hydrogens is 475 g/mol. The van der Waals surface area contributed by atoms with E-state index in [0.29, 0.717) is 40.1 Å². The zero-order valence-corrected chi connectivity index (χ0v) is 20.7. The van der Waals surface area contributed by atoms with Crippen molar-refractivity contribution in [2.45, 2.75) is 51.9 Å². The van der Waals surface area contributed by atoms with Gasteiger partial charge < -0.3 is 4.74 Å². The van der Waals surface area contributed by atoms with Crippen molar-refractivity contribution in [3.8, 4) is 23.2 Å². The van der Waals surface area contributed by atoms with Gasteiger partial charge in [0.1, 0.15) is 29.1 Å². The van der Waals surface area contributed by atoms with Crippen molar-refractivity contribution in [3.63, 3.8) is 0 Å². The van der Waals surface area contributed by atoms with E-state index in [1.807, 2.05) is 12.1 Å². The van der Waals surface area contributed by atoms with Gasteiger partial charge in [0.05, 0.1) is 19.0 Å². The van der Waals surface area contributed by atoms with Crippen LogP contribution in [0.5, 0.6) is 5.75 Å². The third-order valence-corrected chi connectivity index (χ3v) is 6.33. The minimum atomic E-state index is -0.909. The third kappa shape index (κ3) is 6.45. The Balaban J connectivity index is 1.42. The Bertz CT molecular complexity index is 1390. The van der Waals surface area contributed by atoms with Crippen molar-refractivity contribution in [3.05, 3.63) is 89.0 Å². The fraction of sp³-hybridized carbons (Fsp3) is 0.300. The highest BCUT2D eigenvalue weighted by Gasteiger charge is 2.13. The third-order valence-electron chi connectivity index (χ3n) is 6.33. The molecule has 7 heteroatoms. The molecule has 0 radical (unpaired) electrons. The average molecular weight is 504 g/mol. The number of unbranched alkanes of at least 4 members (excludes halogenated alkanes) is 4. The molecular formula is C30H28F3N3O. The molecule has 0 aliphatic rings. The molecule has 0 aliphatic heterocycles. The van der Waals surface area contributed by atoms with E-state index in [2.05, 4.69) is 16.9 Å². The summed E-state index contributed by atoms with van der Waals surface area (Å²) in [6.45, 7) is 2.83. The van der Waals surface area contributed by atoms with E-state index in [-0.39, 0.29) is 18.7 Å². The summed E-state index contributed by atoms with van der Waals surface area (Å²) in [6.07, 6.45) is 9.62. The summed E-state index contributed by atoms with van der Waals surface area (Å²) in [6, 6.07) is 12.5. The monoisotopic (exact) mass is 503 g/mol. The maximum atomic E-state index is 15.2. The number of hydrogen-bond donors (Lipinski definition) is 0. The van der Waals surface area contributed by atoms with Gasteiger partial charge in [0, 0.05) is 10.9 Å². The molecule has 37 heavy (non-hydrogen) atoms. The van der Waals surface area contributed by atoms with Gasteiger partial charge in [-0.3, -0.25) is 0 Å². The maximum Gasteiger partial charge on any atom is 0.159 e. The van der Waals surface area contributed by atoms with Gasteiger partial charge in [0.2, 0.25) is 0 Å². The number of halogens is 3. The number of rotatable bonds is 11. The van der Waals surface area contributed by atoms with Crippen molar-refractivity contribution < 1.29 is 17.9 Å². The molecule has 0 atom stereocenters. The van der Waals surface area contributed by atoms with E-state index >= 15 is 4.39 Å². The Morgan fingerprint density at radius 3 is 2.30 bits per heavy atom. The van der Waals surface area contributed by atoms with Crippen LogP contribution < -0.4 is 4.74 Å². The second-order valence-electron chi connectivity index (χ2n) is 9.03. The topological polar surface area (TPSA) is 58.8 Å². The number of ether oxygens (including phenoxy) is 1. The van der Waals surface area contributed by atoms with E-state index in [4.69, 9.17) is 10.00 Å². The number of nitriles is 1. The SMILES string of the molecule is CCCCCCCOc1cnc(-c2ccc3c(F)c(CCc4cc(F)c(C#N)c(F)c4)ccc3c2)nc1. The average Bonchev–Trinajstić information content (AvgIpc) is 2.90. The van der Waals surface area contributed by atoms with E-state index in [9.17, 15) is 8.78 Å². The van der Waals surface area contributed by atoms with Gasteiger partial charge in [-0.25, -0.2) is 23.1 Å². The first-order valence-corrected chi connectivity index (χ1v) is 12.5. The van der Waals surface area contributed by atoms with Crippen molar-refractivity contribution in [1.82, 2.24) is 9.97 Å². The Kier molecular flexibility index (Phi) is 8.73. The van der Waals surface area contributed by atoms with Gasteiger partial charge in [0.15, 0.2) is 11.6 Å². The molecule has 0 aliphatic carbocycles. The van der Waals surface area contributed by atoms with Crippen LogP contribution in [0.3, 0.4) is 0 Å². The lowest BCUT2D eigenvalue weighted by Crippen LogP contribution is -2.00. The van der Waals surface area contributed by atoms with Crippen molar-refractivity contribution in [2.24, 2.45) is 0 Å². The molecule has 4 aromatic rings. The summed E-state index contributed by atoms with van der Waals surface area (Å²) in [7, 11) is 0. The van der Waals surface area contributed by atoms with Gasteiger partial charge in [-0.2, -0.15) is 5.26 Å². The van der Waals surface area contributed by atoms with Crippen molar-refractivity contribution in [1.29, 1.82) is 5.26 Å². The Morgan fingerprint density at radius 2 is 1.59 bits per heavy atom. The summed E-state index contributed by atoms with van der Waals surface area (Å²) in [5.74, 6) is -1.05. The van der Waals surface area contributed by atoms with Crippen LogP contribution in [0.1, 0.15) is 55.7 Å². The molecule has 0 bridgehead atoms. The fourth-order valence-electron chi connectivity index (χ4n) is 4.26. The van der Waals surface area contributed by atoms with Crippen LogP contribution in [0.25, 0.3) is 22.2 Å². The molecule has 0 amide bonds. The number of nitrogens with zero attached hydrogens (tertiary/aromatic N) is 3. The van der Waals surface area contributed by atoms with Gasteiger partial charge >= 0.3 is 0 Å². The van der Waals surface area contributed by atoms with Crippen molar-refractivity contribution >= 4 is 10.8 Å². The number of benzene rings is 3. The highest BCUT2D eigenvalue weighted by Crippen LogP contribution is 2.27. The number of hydrogen-bond acceptors (Lipinski definition) is 4. The molecule has 4 nitrogen and oxygen atoms in total. The maximum absolute atomic E-state index is 15.2. The highest BCUT2D eigenvalue weighted by molar-refractivity contribution is 5.87. The lowest BCUT2D eigenvalue weighted by molar-refractivity contribution is 0.302. The molecule has 4 rings (SSSR count). The largest absolute Gasteiger partial charge is 0.490 e. The number of aromatic nitrogens is 2. The lowest BCUT2D eigenvalue weighted by atomic mass is 9.98. The molecule has 0 saturated carbocycles. The van der Waals surface area contributed by atoms with Crippen LogP contribution in [0.4, 0.5) is 13.2 Å². The summed E-state index contributed by atoms with van der Waals surface area (Å²) in [5.41, 5.74) is 0.956. The highest BCUT2D eigenvalue weighted by atomic mass is 19.1. The van der Waals surface area contributed by atoms with Gasteiger partial charge in [-0.15, -0.1) is 0 Å². The van der Waals surface area contributed by atoms with Gasteiger partial charge in [-0.05, 0) is 54.0 Å². The van der Waals surface area contributed by atoms with Crippen molar-refractivity contribution in [2.75, 3.05) is 6.61 Å². The normalized spacial score (nSPS) is 11.0. The molecule has 0 N–H and O–H groups in total. The molecule has 0 spiro atoms.